The molecule has 126 valence electrons. The van der Waals surface area contributed by atoms with Gasteiger partial charge in [0.15, 0.2) is 0 Å². The first-order chi connectivity index (χ1) is 11.3. The summed E-state index contributed by atoms with van der Waals surface area (Å²) in [7, 11) is 0. The summed E-state index contributed by atoms with van der Waals surface area (Å²) in [5, 5.41) is 0. The van der Waals surface area contributed by atoms with Gasteiger partial charge in [-0.15, -0.1) is 0 Å². The molecule has 1 saturated heterocycles. The van der Waals surface area contributed by atoms with Crippen molar-refractivity contribution in [3.8, 4) is 0 Å². The van der Waals surface area contributed by atoms with Crippen molar-refractivity contribution < 1.29 is 0 Å². The van der Waals surface area contributed by atoms with Crippen LogP contribution < -0.4 is 0 Å². The van der Waals surface area contributed by atoms with Crippen LogP contribution in [-0.2, 0) is 0 Å². The summed E-state index contributed by atoms with van der Waals surface area (Å²) in [5.74, 6) is 0. The second-order valence-electron chi connectivity index (χ2n) is 5.33. The third-order valence-electron chi connectivity index (χ3n) is 4.24. The molecule has 0 amide bonds. The van der Waals surface area contributed by atoms with Gasteiger partial charge in [-0.2, -0.15) is 0 Å². The molecule has 1 nitrogen and oxygen atoms in total. The number of rotatable bonds is 1. The molecule has 0 bridgehead atoms. The van der Waals surface area contributed by atoms with Gasteiger partial charge in [0.25, 0.3) is 0 Å². The fourth-order valence-corrected chi connectivity index (χ4v) is 3.22. The van der Waals surface area contributed by atoms with Crippen LogP contribution in [-0.4, -0.2) is 18.0 Å². The number of nitrogens with zero attached hydrogens (tertiary/aromatic N) is 1. The van der Waals surface area contributed by atoms with E-state index >= 15 is 0 Å². The second-order valence-corrected chi connectivity index (χ2v) is 5.33. The van der Waals surface area contributed by atoms with Gasteiger partial charge in [-0.3, -0.25) is 0 Å². The summed E-state index contributed by atoms with van der Waals surface area (Å²) in [6, 6.07) is 0. The van der Waals surface area contributed by atoms with E-state index in [1.54, 1.807) is 5.57 Å². The van der Waals surface area contributed by atoms with E-state index < -0.39 is 0 Å². The minimum atomic E-state index is 1.11. The van der Waals surface area contributed by atoms with Crippen LogP contribution in [0.4, 0.5) is 0 Å². The minimum Gasteiger partial charge on any atom is -0.367 e. The molecule has 3 rings (SSSR count). The summed E-state index contributed by atoms with van der Waals surface area (Å²) in [5.41, 5.74) is 7.23. The van der Waals surface area contributed by atoms with Gasteiger partial charge in [0, 0.05) is 24.4 Å². The molecular weight excluding hydrogens is 278 g/mol. The molecule has 2 aliphatic heterocycles. The van der Waals surface area contributed by atoms with Gasteiger partial charge in [-0.05, 0) is 49.0 Å². The third kappa shape index (κ3) is 4.37. The number of fused-ring (bicyclic) bond motifs is 1. The van der Waals surface area contributed by atoms with E-state index in [9.17, 15) is 0 Å². The number of hydrogen-bond acceptors (Lipinski definition) is 1. The van der Waals surface area contributed by atoms with E-state index in [-0.39, 0.29) is 0 Å². The lowest BCUT2D eigenvalue weighted by atomic mass is 9.86. The predicted octanol–water partition coefficient (Wildman–Crippen LogP) is 6.35. The standard InChI is InChI=1S/C18H21N.2C2H6/c1-3-7-17-14(4-2)10-11-19-13-16-9-6-5-8-15(16)12-18(17)19;2*1-2/h3-5,7-8,12H,1,6,9-11,13H2,2H3;2*1-2H3/b14-4-,17-7+;;. The lowest BCUT2D eigenvalue weighted by Gasteiger charge is -2.39. The Labute approximate surface area is 143 Å². The van der Waals surface area contributed by atoms with Crippen molar-refractivity contribution in [3.63, 3.8) is 0 Å². The molecule has 0 unspecified atom stereocenters. The van der Waals surface area contributed by atoms with Gasteiger partial charge in [-0.25, -0.2) is 0 Å². The highest BCUT2D eigenvalue weighted by Crippen LogP contribution is 2.37. The van der Waals surface area contributed by atoms with Gasteiger partial charge in [0.2, 0.25) is 0 Å². The molecule has 23 heavy (non-hydrogen) atoms. The van der Waals surface area contributed by atoms with Gasteiger partial charge in [-0.1, -0.05) is 64.7 Å². The van der Waals surface area contributed by atoms with Crippen LogP contribution in [0.2, 0.25) is 0 Å². The molecule has 0 radical (unpaired) electrons. The summed E-state index contributed by atoms with van der Waals surface area (Å²) in [6.45, 7) is 16.3. The molecule has 3 aliphatic rings. The van der Waals surface area contributed by atoms with E-state index in [1.807, 2.05) is 33.8 Å². The highest BCUT2D eigenvalue weighted by molar-refractivity contribution is 5.56. The van der Waals surface area contributed by atoms with Crippen LogP contribution in [0.15, 0.2) is 71.0 Å². The summed E-state index contributed by atoms with van der Waals surface area (Å²) < 4.78 is 0. The van der Waals surface area contributed by atoms with Crippen LogP contribution in [0.3, 0.4) is 0 Å². The Bertz CT molecular complexity index is 553. The van der Waals surface area contributed by atoms with Crippen molar-refractivity contribution in [2.24, 2.45) is 0 Å². The van der Waals surface area contributed by atoms with Gasteiger partial charge in [0.05, 0.1) is 0 Å². The van der Waals surface area contributed by atoms with Crippen LogP contribution in [0.5, 0.6) is 0 Å². The number of hydrogen-bond donors (Lipinski definition) is 0. The number of piperidine rings is 1. The summed E-state index contributed by atoms with van der Waals surface area (Å²) in [4.78, 5) is 2.53. The Morgan fingerprint density at radius 2 is 1.87 bits per heavy atom. The fourth-order valence-electron chi connectivity index (χ4n) is 3.22. The van der Waals surface area contributed by atoms with E-state index in [4.69, 9.17) is 0 Å². The first kappa shape index (κ1) is 19.3. The average molecular weight is 312 g/mol. The molecule has 0 aromatic carbocycles. The Morgan fingerprint density at radius 1 is 1.13 bits per heavy atom. The Morgan fingerprint density at radius 3 is 2.52 bits per heavy atom. The Hall–Kier alpha value is -1.76. The van der Waals surface area contributed by atoms with Crippen molar-refractivity contribution in [3.05, 3.63) is 71.0 Å². The Kier molecular flexibility index (Phi) is 8.47. The van der Waals surface area contributed by atoms with E-state index in [1.165, 1.54) is 35.3 Å². The van der Waals surface area contributed by atoms with Crippen molar-refractivity contribution >= 4 is 0 Å². The second kappa shape index (κ2) is 10.1. The molecule has 0 N–H and O–H groups in total. The van der Waals surface area contributed by atoms with Crippen molar-refractivity contribution in [1.29, 1.82) is 0 Å². The largest absolute Gasteiger partial charge is 0.367 e. The fraction of sp³-hybridized carbons (Fsp3) is 0.455. The van der Waals surface area contributed by atoms with Gasteiger partial charge < -0.3 is 4.90 Å². The van der Waals surface area contributed by atoms with E-state index in [0.717, 1.165) is 19.5 Å². The highest BCUT2D eigenvalue weighted by Gasteiger charge is 2.27. The topological polar surface area (TPSA) is 3.24 Å². The molecule has 0 spiro atoms. The molecular formula is C22H33N. The molecule has 0 saturated carbocycles. The zero-order valence-corrected chi connectivity index (χ0v) is 15.7. The summed E-state index contributed by atoms with van der Waals surface area (Å²) >= 11 is 0. The third-order valence-corrected chi connectivity index (χ3v) is 4.24. The van der Waals surface area contributed by atoms with Crippen LogP contribution in [0.1, 0.15) is 53.9 Å². The van der Waals surface area contributed by atoms with Crippen LogP contribution in [0.25, 0.3) is 0 Å². The molecule has 1 aliphatic carbocycles. The van der Waals surface area contributed by atoms with E-state index in [0.29, 0.717) is 0 Å². The molecule has 0 aromatic heterocycles. The maximum atomic E-state index is 3.87. The zero-order chi connectivity index (χ0) is 17.2. The van der Waals surface area contributed by atoms with Gasteiger partial charge >= 0.3 is 0 Å². The molecule has 0 aromatic rings. The molecule has 1 heteroatoms. The van der Waals surface area contributed by atoms with E-state index in [2.05, 4.69) is 48.8 Å². The quantitative estimate of drug-likeness (QED) is 0.545. The maximum absolute atomic E-state index is 3.87. The normalized spacial score (nSPS) is 22.3. The van der Waals surface area contributed by atoms with Gasteiger partial charge in [0.1, 0.15) is 0 Å². The van der Waals surface area contributed by atoms with Crippen LogP contribution in [0, 0.1) is 0 Å². The lowest BCUT2D eigenvalue weighted by Crippen LogP contribution is -2.35. The number of allylic oxidation sites excluding steroid dienone is 8. The smallest absolute Gasteiger partial charge is 0.0451 e. The predicted molar refractivity (Wildman–Crippen MR) is 104 cm³/mol. The van der Waals surface area contributed by atoms with Crippen molar-refractivity contribution in [2.75, 3.05) is 13.1 Å². The Balaban J connectivity index is 0.000000615. The first-order valence-corrected chi connectivity index (χ1v) is 9.17. The van der Waals surface area contributed by atoms with Crippen LogP contribution >= 0.6 is 0 Å². The molecule has 1 fully saturated rings. The highest BCUT2D eigenvalue weighted by atomic mass is 15.1. The first-order valence-electron chi connectivity index (χ1n) is 9.17. The minimum absolute atomic E-state index is 1.11. The monoisotopic (exact) mass is 311 g/mol. The van der Waals surface area contributed by atoms with Crippen molar-refractivity contribution in [1.82, 2.24) is 4.90 Å². The summed E-state index contributed by atoms with van der Waals surface area (Å²) in [6.07, 6.45) is 16.8. The lowest BCUT2D eigenvalue weighted by molar-refractivity contribution is 0.356. The molecule has 2 heterocycles. The average Bonchev–Trinajstić information content (AvgIpc) is 2.64. The van der Waals surface area contributed by atoms with Crippen molar-refractivity contribution in [2.45, 2.75) is 53.9 Å². The molecule has 0 atom stereocenters. The SMILES string of the molecule is C=C/C=C1/C2=CC3=C(CCC=C3)CN2CC/C1=C/C.CC.CC. The maximum Gasteiger partial charge on any atom is 0.0451 e. The zero-order valence-electron chi connectivity index (χ0n) is 15.7.